The molecule has 66 valence electrons. The number of aliphatic hydroxyl groups excluding tert-OH is 1. The molecule has 0 aromatic carbocycles. The number of carbonyl (C=O) groups is 1. The van der Waals surface area contributed by atoms with E-state index in [-0.39, 0.29) is 12.6 Å². The number of rotatable bonds is 5. The lowest BCUT2D eigenvalue weighted by molar-refractivity contribution is -0.126. The van der Waals surface area contributed by atoms with Gasteiger partial charge in [0.2, 0.25) is 5.91 Å². The second kappa shape index (κ2) is 5.06. The average Bonchev–Trinajstić information content (AvgIpc) is 1.86. The Bertz CT molecular complexity index is 127. The Hall–Kier alpha value is -0.650. The molecule has 0 spiro atoms. The molecule has 11 heavy (non-hydrogen) atoms. The van der Waals surface area contributed by atoms with Crippen LogP contribution in [0.2, 0.25) is 0 Å². The predicted octanol–water partition coefficient (Wildman–Crippen LogP) is -1.24. The number of carbonyl (C=O) groups excluding carboxylic acids is 1. The molecule has 5 nitrogen and oxygen atoms in total. The maximum Gasteiger partial charge on any atom is 0.245 e. The Labute approximate surface area is 65.5 Å². The first-order chi connectivity index (χ1) is 5.04. The minimum absolute atomic E-state index is 0.183. The molecule has 0 radical (unpaired) electrons. The first-order valence-electron chi connectivity index (χ1n) is 3.37. The maximum atomic E-state index is 10.1. The fraction of sp³-hybridized carbons (Fsp3) is 0.833. The fourth-order valence-corrected chi connectivity index (χ4v) is 0.343. The highest BCUT2D eigenvalue weighted by Crippen LogP contribution is 1.89. The van der Waals surface area contributed by atoms with Crippen molar-refractivity contribution in [2.45, 2.75) is 26.0 Å². The largest absolute Gasteiger partial charge is 0.392 e. The van der Waals surface area contributed by atoms with E-state index in [1.165, 1.54) is 0 Å². The van der Waals surface area contributed by atoms with Gasteiger partial charge in [0.05, 0.1) is 12.1 Å². The zero-order valence-corrected chi connectivity index (χ0v) is 6.70. The molecule has 0 bridgehead atoms. The van der Waals surface area contributed by atoms with Gasteiger partial charge < -0.3 is 10.8 Å². The molecule has 0 aliphatic rings. The third-order valence-electron chi connectivity index (χ3n) is 1.21. The molecule has 0 saturated heterocycles. The topological polar surface area (TPSA) is 84.6 Å². The minimum atomic E-state index is -0.546. The van der Waals surface area contributed by atoms with Crippen LogP contribution in [0.1, 0.15) is 13.8 Å². The van der Waals surface area contributed by atoms with Crippen molar-refractivity contribution in [2.24, 2.45) is 5.73 Å². The third-order valence-corrected chi connectivity index (χ3v) is 1.21. The Balaban J connectivity index is 3.31. The summed E-state index contributed by atoms with van der Waals surface area (Å²) in [7, 11) is 0. The summed E-state index contributed by atoms with van der Waals surface area (Å²) in [4.78, 5) is 14.8. The first-order valence-corrected chi connectivity index (χ1v) is 3.37. The lowest BCUT2D eigenvalue weighted by Gasteiger charge is -2.14. The summed E-state index contributed by atoms with van der Waals surface area (Å²) in [5.41, 5.74) is 7.25. The summed E-state index contributed by atoms with van der Waals surface area (Å²) in [6.07, 6.45) is -0.525. The molecule has 1 amide bonds. The van der Waals surface area contributed by atoms with Gasteiger partial charge in [-0.1, -0.05) is 0 Å². The van der Waals surface area contributed by atoms with E-state index in [9.17, 15) is 4.79 Å². The van der Waals surface area contributed by atoms with Crippen molar-refractivity contribution >= 4 is 5.91 Å². The highest BCUT2D eigenvalue weighted by molar-refractivity contribution is 5.74. The normalized spacial score (nSPS) is 15.9. The molecule has 0 heterocycles. The second-order valence-corrected chi connectivity index (χ2v) is 2.40. The minimum Gasteiger partial charge on any atom is -0.392 e. The number of hydroxylamine groups is 1. The van der Waals surface area contributed by atoms with Crippen molar-refractivity contribution in [1.82, 2.24) is 5.48 Å². The number of aliphatic hydroxyl groups is 1. The zero-order chi connectivity index (χ0) is 8.85. The summed E-state index contributed by atoms with van der Waals surface area (Å²) in [5.74, 6) is -0.546. The quantitative estimate of drug-likeness (QED) is 0.441. The van der Waals surface area contributed by atoms with Crippen molar-refractivity contribution < 1.29 is 14.7 Å². The molecule has 0 aromatic rings. The lowest BCUT2D eigenvalue weighted by Crippen LogP contribution is -2.37. The van der Waals surface area contributed by atoms with Crippen molar-refractivity contribution in [3.05, 3.63) is 0 Å². The van der Waals surface area contributed by atoms with Gasteiger partial charge >= 0.3 is 0 Å². The van der Waals surface area contributed by atoms with Gasteiger partial charge in [-0.15, -0.1) is 0 Å². The summed E-state index contributed by atoms with van der Waals surface area (Å²) < 4.78 is 0. The van der Waals surface area contributed by atoms with Crippen LogP contribution in [0.3, 0.4) is 0 Å². The van der Waals surface area contributed by atoms with Crippen LogP contribution in [0.15, 0.2) is 0 Å². The van der Waals surface area contributed by atoms with E-state index >= 15 is 0 Å². The van der Waals surface area contributed by atoms with E-state index < -0.39 is 12.0 Å². The van der Waals surface area contributed by atoms with Crippen LogP contribution in [0, 0.1) is 0 Å². The van der Waals surface area contributed by atoms with Crippen molar-refractivity contribution in [3.8, 4) is 0 Å². The summed E-state index contributed by atoms with van der Waals surface area (Å²) >= 11 is 0. The lowest BCUT2D eigenvalue weighted by atomic mass is 10.2. The Kier molecular flexibility index (Phi) is 4.76. The van der Waals surface area contributed by atoms with Gasteiger partial charge in [-0.2, -0.15) is 5.48 Å². The molecule has 0 aliphatic heterocycles. The SMILES string of the molecule is CC(O)C(C)NOCC(N)=O. The molecule has 2 unspecified atom stereocenters. The molecule has 0 rings (SSSR count). The highest BCUT2D eigenvalue weighted by atomic mass is 16.6. The smallest absolute Gasteiger partial charge is 0.245 e. The van der Waals surface area contributed by atoms with Crippen LogP contribution in [-0.2, 0) is 9.63 Å². The molecular formula is C6H14N2O3. The second-order valence-electron chi connectivity index (χ2n) is 2.40. The van der Waals surface area contributed by atoms with Crippen molar-refractivity contribution in [2.75, 3.05) is 6.61 Å². The summed E-state index contributed by atoms with van der Waals surface area (Å²) in [6.45, 7) is 3.16. The van der Waals surface area contributed by atoms with Gasteiger partial charge in [-0.3, -0.25) is 9.63 Å². The van der Waals surface area contributed by atoms with Crippen LogP contribution in [0.25, 0.3) is 0 Å². The maximum absolute atomic E-state index is 10.1. The van der Waals surface area contributed by atoms with E-state index in [0.29, 0.717) is 0 Å². The molecule has 5 heteroatoms. The number of amides is 1. The Morgan fingerprint density at radius 3 is 2.64 bits per heavy atom. The van der Waals surface area contributed by atoms with Crippen LogP contribution in [-0.4, -0.2) is 29.8 Å². The molecule has 4 N–H and O–H groups in total. The number of nitrogens with two attached hydrogens (primary N) is 1. The number of primary amides is 1. The molecule has 0 aliphatic carbocycles. The molecule has 0 aromatic heterocycles. The van der Waals surface area contributed by atoms with Gasteiger partial charge in [0.25, 0.3) is 0 Å². The number of nitrogens with one attached hydrogen (secondary N) is 1. The molecule has 0 saturated carbocycles. The van der Waals surface area contributed by atoms with Gasteiger partial charge in [-0.25, -0.2) is 0 Å². The third kappa shape index (κ3) is 5.78. The zero-order valence-electron chi connectivity index (χ0n) is 6.70. The van der Waals surface area contributed by atoms with Crippen molar-refractivity contribution in [3.63, 3.8) is 0 Å². The van der Waals surface area contributed by atoms with Crippen LogP contribution in [0.4, 0.5) is 0 Å². The highest BCUT2D eigenvalue weighted by Gasteiger charge is 2.07. The standard InChI is InChI=1S/C6H14N2O3/c1-4(5(2)9)8-11-3-6(7)10/h4-5,8-9H,3H2,1-2H3,(H2,7,10). The van der Waals surface area contributed by atoms with Gasteiger partial charge in [0, 0.05) is 0 Å². The Morgan fingerprint density at radius 1 is 1.73 bits per heavy atom. The predicted molar refractivity (Wildman–Crippen MR) is 39.4 cm³/mol. The first kappa shape index (κ1) is 10.3. The van der Waals surface area contributed by atoms with Crippen LogP contribution in [0.5, 0.6) is 0 Å². The summed E-state index contributed by atoms with van der Waals surface area (Å²) in [6, 6.07) is -0.214. The van der Waals surface area contributed by atoms with Crippen LogP contribution < -0.4 is 11.2 Å². The molecule has 2 atom stereocenters. The van der Waals surface area contributed by atoms with Gasteiger partial charge in [0.15, 0.2) is 0 Å². The van der Waals surface area contributed by atoms with Crippen LogP contribution >= 0.6 is 0 Å². The van der Waals surface area contributed by atoms with E-state index in [4.69, 9.17) is 10.8 Å². The van der Waals surface area contributed by atoms with E-state index in [1.54, 1.807) is 13.8 Å². The molecular weight excluding hydrogens is 148 g/mol. The van der Waals surface area contributed by atoms with E-state index in [0.717, 1.165) is 0 Å². The van der Waals surface area contributed by atoms with Gasteiger partial charge in [-0.05, 0) is 13.8 Å². The summed E-state index contributed by atoms with van der Waals surface area (Å²) in [5, 5.41) is 8.93. The Morgan fingerprint density at radius 2 is 2.27 bits per heavy atom. The number of hydrogen-bond donors (Lipinski definition) is 3. The van der Waals surface area contributed by atoms with E-state index in [2.05, 4.69) is 10.3 Å². The number of hydrogen-bond acceptors (Lipinski definition) is 4. The van der Waals surface area contributed by atoms with Crippen molar-refractivity contribution in [1.29, 1.82) is 0 Å². The monoisotopic (exact) mass is 162 g/mol. The fourth-order valence-electron chi connectivity index (χ4n) is 0.343. The van der Waals surface area contributed by atoms with Gasteiger partial charge in [0.1, 0.15) is 6.61 Å². The average molecular weight is 162 g/mol. The molecule has 0 fully saturated rings. The van der Waals surface area contributed by atoms with E-state index in [1.807, 2.05) is 0 Å².